The van der Waals surface area contributed by atoms with Crippen LogP contribution in [-0.4, -0.2) is 20.1 Å². The SMILES string of the molecule is COc1cc(NC(=O)C=Cc2ccc(Br)s2)cc(OC)c1. The average molecular weight is 368 g/mol. The van der Waals surface area contributed by atoms with E-state index in [0.29, 0.717) is 17.2 Å². The van der Waals surface area contributed by atoms with E-state index in [4.69, 9.17) is 9.47 Å². The standard InChI is InChI=1S/C15H14BrNO3S/c1-19-11-7-10(8-12(9-11)20-2)17-15(18)6-4-13-3-5-14(16)21-13/h3-9H,1-2H3,(H,17,18). The van der Waals surface area contributed by atoms with Gasteiger partial charge in [0.15, 0.2) is 0 Å². The van der Waals surface area contributed by atoms with E-state index in [2.05, 4.69) is 21.2 Å². The van der Waals surface area contributed by atoms with Gasteiger partial charge in [0.25, 0.3) is 0 Å². The summed E-state index contributed by atoms with van der Waals surface area (Å²) in [7, 11) is 3.13. The molecule has 0 bridgehead atoms. The van der Waals surface area contributed by atoms with E-state index in [-0.39, 0.29) is 5.91 Å². The Bertz CT molecular complexity index is 644. The van der Waals surface area contributed by atoms with Crippen LogP contribution >= 0.6 is 27.3 Å². The number of anilines is 1. The maximum atomic E-state index is 11.9. The zero-order valence-electron chi connectivity index (χ0n) is 11.6. The minimum Gasteiger partial charge on any atom is -0.497 e. The van der Waals surface area contributed by atoms with Crippen LogP contribution in [0.3, 0.4) is 0 Å². The van der Waals surface area contributed by atoms with Crippen LogP contribution in [0.1, 0.15) is 4.88 Å². The van der Waals surface area contributed by atoms with Crippen LogP contribution in [0.5, 0.6) is 11.5 Å². The number of carbonyl (C=O) groups excluding carboxylic acids is 1. The molecular formula is C15H14BrNO3S. The fourth-order valence-corrected chi connectivity index (χ4v) is 2.97. The Labute approximate surface area is 135 Å². The Balaban J connectivity index is 2.07. The van der Waals surface area contributed by atoms with Gasteiger partial charge in [0.2, 0.25) is 5.91 Å². The second-order valence-corrected chi connectivity index (χ2v) is 6.56. The summed E-state index contributed by atoms with van der Waals surface area (Å²) < 4.78 is 11.3. The van der Waals surface area contributed by atoms with E-state index in [9.17, 15) is 4.79 Å². The number of benzene rings is 1. The maximum absolute atomic E-state index is 11.9. The zero-order chi connectivity index (χ0) is 15.2. The largest absolute Gasteiger partial charge is 0.497 e. The lowest BCUT2D eigenvalue weighted by Gasteiger charge is -2.08. The van der Waals surface area contributed by atoms with Crippen LogP contribution in [-0.2, 0) is 4.79 Å². The molecule has 110 valence electrons. The second kappa shape index (κ2) is 7.28. The van der Waals surface area contributed by atoms with Crippen LogP contribution in [0.25, 0.3) is 6.08 Å². The lowest BCUT2D eigenvalue weighted by atomic mass is 10.2. The van der Waals surface area contributed by atoms with E-state index in [1.165, 1.54) is 6.08 Å². The first kappa shape index (κ1) is 15.6. The van der Waals surface area contributed by atoms with E-state index in [1.807, 2.05) is 12.1 Å². The van der Waals surface area contributed by atoms with Crippen LogP contribution in [0.4, 0.5) is 5.69 Å². The molecule has 0 aliphatic heterocycles. The van der Waals surface area contributed by atoms with Crippen molar-refractivity contribution in [1.82, 2.24) is 0 Å². The third-order valence-corrected chi connectivity index (χ3v) is 4.20. The van der Waals surface area contributed by atoms with E-state index in [1.54, 1.807) is 49.8 Å². The van der Waals surface area contributed by atoms with Gasteiger partial charge in [-0.05, 0) is 34.1 Å². The molecule has 2 rings (SSSR count). The molecule has 0 aliphatic carbocycles. The number of carbonyl (C=O) groups is 1. The topological polar surface area (TPSA) is 47.6 Å². The number of amides is 1. The van der Waals surface area contributed by atoms with Gasteiger partial charge in [0, 0.05) is 34.8 Å². The highest BCUT2D eigenvalue weighted by Crippen LogP contribution is 2.26. The summed E-state index contributed by atoms with van der Waals surface area (Å²) >= 11 is 4.94. The monoisotopic (exact) mass is 367 g/mol. The number of thiophene rings is 1. The Hall–Kier alpha value is -1.79. The number of nitrogens with one attached hydrogen (secondary N) is 1. The minimum atomic E-state index is -0.213. The molecule has 1 aromatic carbocycles. The third kappa shape index (κ3) is 4.61. The molecule has 0 saturated carbocycles. The smallest absolute Gasteiger partial charge is 0.248 e. The van der Waals surface area contributed by atoms with Crippen molar-refractivity contribution in [3.63, 3.8) is 0 Å². The van der Waals surface area contributed by atoms with Crippen molar-refractivity contribution >= 4 is 44.9 Å². The number of rotatable bonds is 5. The first-order valence-corrected chi connectivity index (χ1v) is 7.69. The number of hydrogen-bond donors (Lipinski definition) is 1. The summed E-state index contributed by atoms with van der Waals surface area (Å²) in [6.45, 7) is 0. The van der Waals surface area contributed by atoms with Crippen molar-refractivity contribution in [3.8, 4) is 11.5 Å². The summed E-state index contributed by atoms with van der Waals surface area (Å²) in [5.74, 6) is 1.03. The fourth-order valence-electron chi connectivity index (χ4n) is 1.64. The summed E-state index contributed by atoms with van der Waals surface area (Å²) in [6.07, 6.45) is 3.26. The van der Waals surface area contributed by atoms with Crippen molar-refractivity contribution < 1.29 is 14.3 Å². The summed E-state index contributed by atoms with van der Waals surface area (Å²) in [5.41, 5.74) is 0.619. The molecule has 0 radical (unpaired) electrons. The quantitative estimate of drug-likeness (QED) is 0.806. The third-order valence-electron chi connectivity index (χ3n) is 2.61. The zero-order valence-corrected chi connectivity index (χ0v) is 14.0. The van der Waals surface area contributed by atoms with Crippen LogP contribution in [0.15, 0.2) is 40.2 Å². The molecule has 6 heteroatoms. The molecule has 0 unspecified atom stereocenters. The van der Waals surface area contributed by atoms with Crippen molar-refractivity contribution in [1.29, 1.82) is 0 Å². The number of halogens is 1. The second-order valence-electron chi connectivity index (χ2n) is 4.07. The lowest BCUT2D eigenvalue weighted by Crippen LogP contribution is -2.07. The summed E-state index contributed by atoms with van der Waals surface area (Å²) in [4.78, 5) is 12.9. The molecular weight excluding hydrogens is 354 g/mol. The Morgan fingerprint density at radius 3 is 2.38 bits per heavy atom. The highest BCUT2D eigenvalue weighted by Gasteiger charge is 2.04. The Morgan fingerprint density at radius 2 is 1.86 bits per heavy atom. The fraction of sp³-hybridized carbons (Fsp3) is 0.133. The van der Waals surface area contributed by atoms with Crippen LogP contribution in [0, 0.1) is 0 Å². The number of ether oxygens (including phenoxy) is 2. The van der Waals surface area contributed by atoms with E-state index < -0.39 is 0 Å². The number of methoxy groups -OCH3 is 2. The van der Waals surface area contributed by atoms with E-state index in [0.717, 1.165) is 8.66 Å². The van der Waals surface area contributed by atoms with Gasteiger partial charge in [-0.1, -0.05) is 0 Å². The summed E-state index contributed by atoms with van der Waals surface area (Å²) in [5, 5.41) is 2.78. The van der Waals surface area contributed by atoms with Gasteiger partial charge in [-0.25, -0.2) is 0 Å². The highest BCUT2D eigenvalue weighted by atomic mass is 79.9. The van der Waals surface area contributed by atoms with Crippen molar-refractivity contribution in [2.75, 3.05) is 19.5 Å². The van der Waals surface area contributed by atoms with E-state index >= 15 is 0 Å². The average Bonchev–Trinajstić information content (AvgIpc) is 2.90. The van der Waals surface area contributed by atoms with Crippen molar-refractivity contribution in [3.05, 3.63) is 45.1 Å². The first-order valence-electron chi connectivity index (χ1n) is 6.08. The number of hydrogen-bond acceptors (Lipinski definition) is 4. The van der Waals surface area contributed by atoms with Crippen LogP contribution < -0.4 is 14.8 Å². The molecule has 21 heavy (non-hydrogen) atoms. The van der Waals surface area contributed by atoms with Gasteiger partial charge in [0.05, 0.1) is 18.0 Å². The molecule has 4 nitrogen and oxygen atoms in total. The Kier molecular flexibility index (Phi) is 5.41. The molecule has 2 aromatic rings. The molecule has 1 heterocycles. The highest BCUT2D eigenvalue weighted by molar-refractivity contribution is 9.11. The molecule has 0 aliphatic rings. The van der Waals surface area contributed by atoms with Gasteiger partial charge in [0.1, 0.15) is 11.5 Å². The molecule has 0 saturated heterocycles. The van der Waals surface area contributed by atoms with Gasteiger partial charge < -0.3 is 14.8 Å². The molecule has 0 fully saturated rings. The normalized spacial score (nSPS) is 10.6. The predicted octanol–water partition coefficient (Wildman–Crippen LogP) is 4.18. The van der Waals surface area contributed by atoms with Crippen molar-refractivity contribution in [2.24, 2.45) is 0 Å². The van der Waals surface area contributed by atoms with Gasteiger partial charge in [-0.15, -0.1) is 11.3 Å². The minimum absolute atomic E-state index is 0.213. The summed E-state index contributed by atoms with van der Waals surface area (Å²) in [6, 6.07) is 9.09. The lowest BCUT2D eigenvalue weighted by molar-refractivity contribution is -0.111. The van der Waals surface area contributed by atoms with Crippen molar-refractivity contribution in [2.45, 2.75) is 0 Å². The molecule has 0 spiro atoms. The van der Waals surface area contributed by atoms with Gasteiger partial charge in [-0.2, -0.15) is 0 Å². The molecule has 1 amide bonds. The Morgan fingerprint density at radius 1 is 1.19 bits per heavy atom. The maximum Gasteiger partial charge on any atom is 0.248 e. The van der Waals surface area contributed by atoms with Gasteiger partial charge in [-0.3, -0.25) is 4.79 Å². The molecule has 1 aromatic heterocycles. The van der Waals surface area contributed by atoms with Gasteiger partial charge >= 0.3 is 0 Å². The molecule has 1 N–H and O–H groups in total. The first-order chi connectivity index (χ1) is 10.1. The molecule has 0 atom stereocenters. The predicted molar refractivity (Wildman–Crippen MR) is 89.2 cm³/mol. The van der Waals surface area contributed by atoms with Crippen LogP contribution in [0.2, 0.25) is 0 Å².